The smallest absolute Gasteiger partial charge is 0.228 e. The number of benzene rings is 1. The molecule has 26 heavy (non-hydrogen) atoms. The SMILES string of the molecule is O=C(C1CCOC1)N1CCCC(Cc2nc(-c3ccccc3F)no2)C1. The molecule has 4 rings (SSSR count). The topological polar surface area (TPSA) is 68.5 Å². The van der Waals surface area contributed by atoms with Crippen LogP contribution < -0.4 is 0 Å². The molecule has 7 heteroatoms. The van der Waals surface area contributed by atoms with Crippen LogP contribution in [-0.2, 0) is 16.0 Å². The van der Waals surface area contributed by atoms with E-state index in [9.17, 15) is 9.18 Å². The lowest BCUT2D eigenvalue weighted by Crippen LogP contribution is -2.43. The van der Waals surface area contributed by atoms with Crippen molar-refractivity contribution in [1.29, 1.82) is 0 Å². The number of ether oxygens (including phenoxy) is 1. The first-order valence-electron chi connectivity index (χ1n) is 9.14. The number of hydrogen-bond donors (Lipinski definition) is 0. The third kappa shape index (κ3) is 3.62. The van der Waals surface area contributed by atoms with Crippen molar-refractivity contribution in [2.45, 2.75) is 25.7 Å². The third-order valence-electron chi connectivity index (χ3n) is 5.16. The molecule has 2 unspecified atom stereocenters. The monoisotopic (exact) mass is 359 g/mol. The maximum atomic E-state index is 13.9. The van der Waals surface area contributed by atoms with Crippen molar-refractivity contribution in [2.24, 2.45) is 11.8 Å². The van der Waals surface area contributed by atoms with Crippen LogP contribution in [0.15, 0.2) is 28.8 Å². The van der Waals surface area contributed by atoms with E-state index in [2.05, 4.69) is 10.1 Å². The van der Waals surface area contributed by atoms with Gasteiger partial charge < -0.3 is 14.2 Å². The zero-order chi connectivity index (χ0) is 17.9. The van der Waals surface area contributed by atoms with Gasteiger partial charge in [0.05, 0.1) is 18.1 Å². The Morgan fingerprint density at radius 2 is 2.19 bits per heavy atom. The van der Waals surface area contributed by atoms with Gasteiger partial charge in [-0.05, 0) is 37.3 Å². The zero-order valence-corrected chi connectivity index (χ0v) is 14.6. The van der Waals surface area contributed by atoms with Crippen LogP contribution in [0.1, 0.15) is 25.2 Å². The van der Waals surface area contributed by atoms with Crippen LogP contribution in [0.4, 0.5) is 4.39 Å². The maximum Gasteiger partial charge on any atom is 0.228 e. The number of hydrogen-bond acceptors (Lipinski definition) is 5. The summed E-state index contributed by atoms with van der Waals surface area (Å²) < 4.78 is 24.5. The van der Waals surface area contributed by atoms with Crippen LogP contribution in [0.3, 0.4) is 0 Å². The molecule has 1 aromatic heterocycles. The van der Waals surface area contributed by atoms with Crippen LogP contribution in [0, 0.1) is 17.7 Å². The van der Waals surface area contributed by atoms with E-state index < -0.39 is 0 Å². The van der Waals surface area contributed by atoms with Gasteiger partial charge in [-0.1, -0.05) is 17.3 Å². The number of likely N-dealkylation sites (tertiary alicyclic amines) is 1. The summed E-state index contributed by atoms with van der Waals surface area (Å²) >= 11 is 0. The molecule has 1 aromatic carbocycles. The predicted molar refractivity (Wildman–Crippen MR) is 91.6 cm³/mol. The van der Waals surface area contributed by atoms with Gasteiger partial charge in [-0.3, -0.25) is 4.79 Å². The van der Waals surface area contributed by atoms with E-state index in [4.69, 9.17) is 9.26 Å². The molecule has 2 saturated heterocycles. The molecule has 2 aliphatic heterocycles. The largest absolute Gasteiger partial charge is 0.381 e. The lowest BCUT2D eigenvalue weighted by molar-refractivity contribution is -0.137. The number of nitrogens with zero attached hydrogens (tertiary/aromatic N) is 3. The molecule has 0 radical (unpaired) electrons. The Hall–Kier alpha value is -2.28. The highest BCUT2D eigenvalue weighted by molar-refractivity contribution is 5.79. The second-order valence-electron chi connectivity index (χ2n) is 7.05. The van der Waals surface area contributed by atoms with E-state index >= 15 is 0 Å². The van der Waals surface area contributed by atoms with Gasteiger partial charge in [0.2, 0.25) is 17.6 Å². The summed E-state index contributed by atoms with van der Waals surface area (Å²) in [6.45, 7) is 2.72. The first-order chi connectivity index (χ1) is 12.7. The molecule has 2 aliphatic rings. The highest BCUT2D eigenvalue weighted by Crippen LogP contribution is 2.25. The molecule has 138 valence electrons. The average Bonchev–Trinajstić information content (AvgIpc) is 3.34. The molecule has 2 aromatic rings. The summed E-state index contributed by atoms with van der Waals surface area (Å²) in [7, 11) is 0. The minimum atomic E-state index is -0.368. The number of piperidine rings is 1. The fourth-order valence-corrected chi connectivity index (χ4v) is 3.76. The van der Waals surface area contributed by atoms with Gasteiger partial charge >= 0.3 is 0 Å². The van der Waals surface area contributed by atoms with Crippen molar-refractivity contribution < 1.29 is 18.4 Å². The van der Waals surface area contributed by atoms with Crippen molar-refractivity contribution >= 4 is 5.91 Å². The first kappa shape index (κ1) is 17.1. The van der Waals surface area contributed by atoms with Gasteiger partial charge in [0, 0.05) is 26.1 Å². The van der Waals surface area contributed by atoms with Crippen molar-refractivity contribution in [3.05, 3.63) is 36.0 Å². The normalized spacial score (nSPS) is 23.3. The lowest BCUT2D eigenvalue weighted by Gasteiger charge is -2.33. The highest BCUT2D eigenvalue weighted by atomic mass is 19.1. The Balaban J connectivity index is 1.39. The summed E-state index contributed by atoms with van der Waals surface area (Å²) in [4.78, 5) is 18.9. The average molecular weight is 359 g/mol. The Morgan fingerprint density at radius 3 is 3.00 bits per heavy atom. The molecular formula is C19H22FN3O3. The third-order valence-corrected chi connectivity index (χ3v) is 5.16. The predicted octanol–water partition coefficient (Wildman–Crippen LogP) is 2.69. The first-order valence-corrected chi connectivity index (χ1v) is 9.14. The van der Waals surface area contributed by atoms with Gasteiger partial charge in [0.25, 0.3) is 0 Å². The zero-order valence-electron chi connectivity index (χ0n) is 14.6. The summed E-state index contributed by atoms with van der Waals surface area (Å²) in [5.74, 6) is 0.878. The summed E-state index contributed by atoms with van der Waals surface area (Å²) in [6.07, 6.45) is 3.41. The Bertz CT molecular complexity index is 773. The molecule has 3 heterocycles. The molecule has 0 saturated carbocycles. The van der Waals surface area contributed by atoms with E-state index in [1.54, 1.807) is 18.2 Å². The van der Waals surface area contributed by atoms with Crippen LogP contribution in [0.2, 0.25) is 0 Å². The summed E-state index contributed by atoms with van der Waals surface area (Å²) in [5, 5.41) is 3.91. The molecule has 0 bridgehead atoms. The lowest BCUT2D eigenvalue weighted by atomic mass is 9.93. The Morgan fingerprint density at radius 1 is 1.31 bits per heavy atom. The van der Waals surface area contributed by atoms with Gasteiger partial charge in [-0.2, -0.15) is 4.98 Å². The maximum absolute atomic E-state index is 13.9. The molecular weight excluding hydrogens is 337 g/mol. The molecule has 0 aliphatic carbocycles. The second-order valence-corrected chi connectivity index (χ2v) is 7.05. The number of rotatable bonds is 4. The summed E-state index contributed by atoms with van der Waals surface area (Å²) in [5.41, 5.74) is 0.337. The standard InChI is InChI=1S/C19H22FN3O3/c20-16-6-2-1-5-15(16)18-21-17(26-22-18)10-13-4-3-8-23(11-13)19(24)14-7-9-25-12-14/h1-2,5-6,13-14H,3-4,7-12H2. The van der Waals surface area contributed by atoms with E-state index in [1.165, 1.54) is 6.07 Å². The fraction of sp³-hybridized carbons (Fsp3) is 0.526. The minimum Gasteiger partial charge on any atom is -0.381 e. The van der Waals surface area contributed by atoms with Gasteiger partial charge in [0.15, 0.2) is 0 Å². The molecule has 0 N–H and O–H groups in total. The molecule has 0 spiro atoms. The van der Waals surface area contributed by atoms with E-state index in [1.807, 2.05) is 4.90 Å². The van der Waals surface area contributed by atoms with Crippen LogP contribution in [0.5, 0.6) is 0 Å². The van der Waals surface area contributed by atoms with E-state index in [0.717, 1.165) is 25.8 Å². The van der Waals surface area contributed by atoms with Crippen molar-refractivity contribution in [1.82, 2.24) is 15.0 Å². The van der Waals surface area contributed by atoms with Crippen molar-refractivity contribution in [3.63, 3.8) is 0 Å². The van der Waals surface area contributed by atoms with Crippen LogP contribution >= 0.6 is 0 Å². The molecule has 6 nitrogen and oxygen atoms in total. The molecule has 2 atom stereocenters. The van der Waals surface area contributed by atoms with E-state index in [-0.39, 0.29) is 29.4 Å². The summed E-state index contributed by atoms with van der Waals surface area (Å²) in [6, 6.07) is 6.38. The van der Waals surface area contributed by atoms with E-state index in [0.29, 0.717) is 37.6 Å². The van der Waals surface area contributed by atoms with Crippen LogP contribution in [-0.4, -0.2) is 47.3 Å². The van der Waals surface area contributed by atoms with Crippen LogP contribution in [0.25, 0.3) is 11.4 Å². The van der Waals surface area contributed by atoms with Crippen molar-refractivity contribution in [3.8, 4) is 11.4 Å². The van der Waals surface area contributed by atoms with Gasteiger partial charge in [-0.15, -0.1) is 0 Å². The highest BCUT2D eigenvalue weighted by Gasteiger charge is 2.31. The Labute approximate surface area is 151 Å². The fourth-order valence-electron chi connectivity index (χ4n) is 3.76. The second kappa shape index (κ2) is 7.53. The number of halogens is 1. The minimum absolute atomic E-state index is 0.00446. The Kier molecular flexibility index (Phi) is 4.97. The number of carbonyl (C=O) groups is 1. The van der Waals surface area contributed by atoms with Gasteiger partial charge in [-0.25, -0.2) is 4.39 Å². The molecule has 2 fully saturated rings. The van der Waals surface area contributed by atoms with Gasteiger partial charge in [0.1, 0.15) is 5.82 Å². The quantitative estimate of drug-likeness (QED) is 0.840. The number of amides is 1. The van der Waals surface area contributed by atoms with Crippen molar-refractivity contribution in [2.75, 3.05) is 26.3 Å². The number of carbonyl (C=O) groups excluding carboxylic acids is 1. The number of aromatic nitrogens is 2. The molecule has 1 amide bonds.